The molecular weight excluding hydrogens is 1900 g/mol. The van der Waals surface area contributed by atoms with Crippen LogP contribution in [0.4, 0.5) is 10.7 Å². The minimum Gasteiger partial charge on any atom is -0.504 e. The maximum absolute atomic E-state index is 11.3. The summed E-state index contributed by atoms with van der Waals surface area (Å²) in [5.74, 6) is 5.62. The number of hydrogen-bond donors (Lipinski definition) is 26. The Morgan fingerprint density at radius 2 is 1.03 bits per heavy atom. The molecule has 9 unspecified atom stereocenters. The highest BCUT2D eigenvalue weighted by molar-refractivity contribution is 8.15. The van der Waals surface area contributed by atoms with Crippen LogP contribution in [0.2, 0.25) is 0 Å². The van der Waals surface area contributed by atoms with Crippen molar-refractivity contribution in [3.8, 4) is 104 Å². The molecule has 9 aromatic heterocycles. The number of aliphatic hydroxyl groups is 2. The van der Waals surface area contributed by atoms with Gasteiger partial charge in [0, 0.05) is 90.2 Å². The summed E-state index contributed by atoms with van der Waals surface area (Å²) in [6.07, 6.45) is 31.2. The molecule has 0 saturated carbocycles. The topological polar surface area (TPSA) is 1130 Å². The Bertz CT molecular complexity index is 6140. The lowest BCUT2D eigenvalue weighted by atomic mass is 9.94. The van der Waals surface area contributed by atoms with Crippen molar-refractivity contribution in [2.75, 3.05) is 5.73 Å². The van der Waals surface area contributed by atoms with E-state index in [2.05, 4.69) is 132 Å². The van der Waals surface area contributed by atoms with Crippen LogP contribution in [0, 0.1) is 140 Å². The summed E-state index contributed by atoms with van der Waals surface area (Å²) >= 11 is 3.03. The number of aromatic amines is 8. The van der Waals surface area contributed by atoms with Crippen molar-refractivity contribution >= 4 is 81.6 Å². The number of nitrogens with zero attached hydrogens (tertiary/aromatic N) is 18. The van der Waals surface area contributed by atoms with Crippen molar-refractivity contribution in [3.05, 3.63) is 181 Å². The predicted molar refractivity (Wildman–Crippen MR) is 484 cm³/mol. The molecule has 1 saturated heterocycles. The van der Waals surface area contributed by atoms with Gasteiger partial charge in [0.15, 0.2) is 34.6 Å². The first kappa shape index (κ1) is 122. The number of imide groups is 2. The number of allylic oxidation sites excluding steroid dienone is 3. The van der Waals surface area contributed by atoms with Gasteiger partial charge in [-0.1, -0.05) is 16.7 Å². The van der Waals surface area contributed by atoms with E-state index in [1.165, 1.54) is 48.6 Å². The third-order valence-electron chi connectivity index (χ3n) is 15.8. The Balaban J connectivity index is 0.00000150. The molecule has 13 atom stereocenters. The van der Waals surface area contributed by atoms with E-state index in [1.54, 1.807) is 0 Å². The number of carbonyl (C=O) groups excluding carboxylic acids is 8. The summed E-state index contributed by atoms with van der Waals surface area (Å²) in [6.45, 7) is 0. The molecule has 0 bridgehead atoms. The molecule has 0 radical (unpaired) electrons. The minimum absolute atomic E-state index is 0.0629. The molecule has 1 fully saturated rings. The van der Waals surface area contributed by atoms with Gasteiger partial charge in [-0.25, -0.2) is 9.78 Å². The Hall–Kier alpha value is -18.3. The molecule has 0 aromatic carbocycles. The van der Waals surface area contributed by atoms with Gasteiger partial charge in [0.25, 0.3) is 33.7 Å². The summed E-state index contributed by atoms with van der Waals surface area (Å²) < 4.78 is 22.2. The SMILES string of the molecule is C#CC[C@@H](N)C1=C(O)C(=O)NC1=O.C#CC[C@@H](N)C1=CC(=O)C=C(O)C1=O.C#CC[C@@H](N)C1SC(=O)NC1=O.C#CC[C@@H](N)c1cocc(O)c1=O.N#CCC(N)c1cc(=O)[nH]o1.N#CCC(N)c1cc(=O)[nH]s1.N#CCC(N)c1cn[nH]n1.N#CCC(N)c1cn[nH]n1.N#CCC(N)c1nc(N)n[nH]1.N#CCC(N)c1ncn[nH]1.N#CCC(N)c1noc(=O)[nH]1.N#CCC(N)c1ns[nH]c1=O.O=C=O. The van der Waals surface area contributed by atoms with Crippen LogP contribution in [-0.2, 0) is 33.6 Å². The van der Waals surface area contributed by atoms with Gasteiger partial charge in [0.05, 0.1) is 178 Å². The van der Waals surface area contributed by atoms with Crippen LogP contribution in [0.15, 0.2) is 116 Å². The van der Waals surface area contributed by atoms with E-state index < -0.39 is 105 Å². The zero-order valence-electron chi connectivity index (χ0n) is 72.7. The minimum atomic E-state index is -0.826. The number of Topliss-reactive ketones (excluding diaryl/α,β-unsaturated/α-hetero) is 1. The second-order valence-corrected chi connectivity index (χ2v) is 28.7. The number of hydrogen-bond acceptors (Lipinski definition) is 53. The lowest BCUT2D eigenvalue weighted by Crippen LogP contribution is -2.38. The molecule has 2 aliphatic heterocycles. The number of H-pyrrole nitrogens is 8. The monoisotopic (exact) mass is 1990 g/mol. The van der Waals surface area contributed by atoms with Crippen molar-refractivity contribution in [2.45, 2.75) is 155 Å². The molecule has 734 valence electrons. The molecular formula is C77H89N41O19S3. The van der Waals surface area contributed by atoms with Gasteiger partial charge in [-0.3, -0.25) is 87.0 Å². The maximum atomic E-state index is 11.3. The van der Waals surface area contributed by atoms with E-state index in [1.807, 2.05) is 53.9 Å². The molecule has 63 heteroatoms. The normalized spacial score (nSPS) is 14.4. The van der Waals surface area contributed by atoms with Gasteiger partial charge >= 0.3 is 11.9 Å². The Morgan fingerprint density at radius 3 is 1.45 bits per heavy atom. The molecule has 9 aromatic rings. The molecule has 12 rings (SSSR count). The van der Waals surface area contributed by atoms with Crippen molar-refractivity contribution in [1.29, 1.82) is 42.1 Å². The van der Waals surface area contributed by atoms with Crippen LogP contribution in [-0.4, -0.2) is 169 Å². The zero-order valence-corrected chi connectivity index (χ0v) is 75.1. The fourth-order valence-electron chi connectivity index (χ4n) is 8.98. The molecule has 11 heterocycles. The summed E-state index contributed by atoms with van der Waals surface area (Å²) in [4.78, 5) is 146. The first-order valence-corrected chi connectivity index (χ1v) is 40.8. The van der Waals surface area contributed by atoms with Crippen LogP contribution >= 0.6 is 35.0 Å². The second kappa shape index (κ2) is 68.7. The van der Waals surface area contributed by atoms with E-state index in [9.17, 15) is 52.7 Å². The number of anilines is 1. The van der Waals surface area contributed by atoms with Gasteiger partial charge in [-0.05, 0) is 17.8 Å². The molecule has 4 amide bonds. The van der Waals surface area contributed by atoms with Crippen LogP contribution in [0.1, 0.15) is 182 Å². The number of nitrogen functional groups attached to an aromatic ring is 1. The smallest absolute Gasteiger partial charge is 0.438 e. The highest BCUT2D eigenvalue weighted by Gasteiger charge is 2.36. The Kier molecular flexibility index (Phi) is 59.7. The Morgan fingerprint density at radius 1 is 0.521 bits per heavy atom. The number of nitriles is 8. The highest BCUT2D eigenvalue weighted by Crippen LogP contribution is 2.23. The third-order valence-corrected chi connectivity index (χ3v) is 18.4. The summed E-state index contributed by atoms with van der Waals surface area (Å²) in [5.41, 5.74) is 71.5. The summed E-state index contributed by atoms with van der Waals surface area (Å²) in [7, 11) is 0. The van der Waals surface area contributed by atoms with E-state index in [0.717, 1.165) is 46.8 Å². The van der Waals surface area contributed by atoms with E-state index >= 15 is 0 Å². The molecule has 60 nitrogen and oxygen atoms in total. The lowest BCUT2D eigenvalue weighted by molar-refractivity contribution is -0.191. The third kappa shape index (κ3) is 46.4. The average Bonchev–Trinajstić information content (AvgIpc) is 1.70. The number of aromatic hydroxyl groups is 1. The van der Waals surface area contributed by atoms with E-state index in [0.29, 0.717) is 35.2 Å². The van der Waals surface area contributed by atoms with Gasteiger partial charge in [-0.15, -0.1) is 54.5 Å². The maximum Gasteiger partial charge on any atom is 0.438 e. The van der Waals surface area contributed by atoms with Crippen molar-refractivity contribution in [2.24, 2.45) is 68.8 Å². The van der Waals surface area contributed by atoms with Crippen LogP contribution in [0.25, 0.3) is 0 Å². The number of carbonyl (C=O) groups is 6. The molecule has 39 N–H and O–H groups in total. The number of rotatable bonds is 24. The largest absolute Gasteiger partial charge is 0.504 e. The standard InChI is InChI=1S/C10H9NO3.C9H9NO3.C8H8N2O3.C7H8N2O2S.C6H7N3O2.C6H7N3OS.C5H8N6.3C5H7N5.C5H6N4O2.C5H6N4OS.CO2/c1-2-3-8(11)7-4-6(12)5-9(13)10(7)14;1-2-3-7(10)6-4-13-5-8(11)9(6)12;1-2-3-4(9)5-6(11)8(13)10-7(5)12;1-2-3-4(8)5-6(10)9-7(11)12-5;2*7-2-1-4(8)5-3-6(10)9-11-5;6-2-1-3(7)4-9-5(8)11-10-4;6-2-1-4(7)5-8-3-9-10-5;2*6-2-1-4(7)5-3-8-10-9-5;6-2-1-3(7)4-8-5(10)11-9-4;6-2-1-3(7)4-5(10)9-11-8-4;2-1-3/h1,4-5,8,13H,3,11H2;1,4-5,7,11H,3,10H2;1,4H,3,9H2,(H2,10,11,12,13);1,4-5H,3,8H2,(H,9,10,11);2*3-4H,1,8H2,(H,9,10);3H,1,7H2,(H3,8,9,10,11);3*3-4H,1,7H2,(H,8,9,10);3H,1,7H2,(H,8,9,10);3H,1,7H2,(H,9,10);/t8-;7-;4-;4-,5?;;;;;;;;;/m1111........./s1. The number of aliphatic hydroxyl groups excluding tert-OH is 2. The molecule has 1 aliphatic carbocycles. The lowest BCUT2D eigenvalue weighted by Gasteiger charge is -2.14. The van der Waals surface area contributed by atoms with Crippen LogP contribution in [0.5, 0.6) is 5.75 Å². The molecule has 140 heavy (non-hydrogen) atoms. The first-order valence-electron chi connectivity index (χ1n) is 38.4. The van der Waals surface area contributed by atoms with E-state index in [-0.39, 0.29) is 163 Å². The number of ketones is 2. The number of nitrogens with one attached hydrogen (secondary N) is 10. The number of terminal acetylenes is 4. The summed E-state index contributed by atoms with van der Waals surface area (Å²) in [5, 5.41) is 134. The van der Waals surface area contributed by atoms with Crippen LogP contribution < -0.4 is 113 Å². The second-order valence-electron chi connectivity index (χ2n) is 26.2. The van der Waals surface area contributed by atoms with Crippen LogP contribution in [0.3, 0.4) is 0 Å². The van der Waals surface area contributed by atoms with Crippen molar-refractivity contribution in [1.82, 2.24) is 100 Å². The number of amides is 4. The quantitative estimate of drug-likeness (QED) is 0.0155. The molecule has 3 aliphatic rings. The number of thioether (sulfide) groups is 1. The van der Waals surface area contributed by atoms with Crippen molar-refractivity contribution < 1.29 is 67.1 Å². The van der Waals surface area contributed by atoms with Gasteiger partial charge in [-0.2, -0.15) is 102 Å². The highest BCUT2D eigenvalue weighted by atomic mass is 32.2. The fourth-order valence-corrected chi connectivity index (χ4v) is 11.0. The van der Waals surface area contributed by atoms with E-state index in [4.69, 9.17) is 167 Å². The zero-order chi connectivity index (χ0) is 106. The van der Waals surface area contributed by atoms with Crippen molar-refractivity contribution in [3.63, 3.8) is 0 Å². The fraction of sp³-hybridized carbons (Fsp3) is 0.325. The predicted octanol–water partition coefficient (Wildman–Crippen LogP) is -4.16. The Labute approximate surface area is 801 Å². The van der Waals surface area contributed by atoms with Gasteiger partial charge < -0.3 is 98.8 Å². The first-order chi connectivity index (χ1) is 66.6. The number of aromatic nitrogens is 18. The average molecular weight is 1990 g/mol. The van der Waals surface area contributed by atoms with Gasteiger partial charge in [0.1, 0.15) is 46.6 Å². The summed E-state index contributed by atoms with van der Waals surface area (Å²) in [6, 6.07) is 12.1. The number of nitrogens with two attached hydrogens (primary N) is 13. The van der Waals surface area contributed by atoms with Gasteiger partial charge in [0.2, 0.25) is 23.1 Å². The molecule has 0 spiro atoms.